The van der Waals surface area contributed by atoms with Gasteiger partial charge in [0.05, 0.1) is 5.69 Å². The van der Waals surface area contributed by atoms with Crippen molar-refractivity contribution in [2.45, 2.75) is 11.7 Å². The molecule has 0 spiro atoms. The molecule has 1 unspecified atom stereocenters. The normalized spacial score (nSPS) is 12.4. The number of thiol groups is 1. The number of hydrogen-bond donors (Lipinski definition) is 4. The van der Waals surface area contributed by atoms with Gasteiger partial charge in [-0.3, -0.25) is 0 Å². The van der Waals surface area contributed by atoms with Crippen LogP contribution in [0.2, 0.25) is 0 Å². The van der Waals surface area contributed by atoms with Crippen LogP contribution in [0.1, 0.15) is 17.4 Å². The zero-order valence-corrected chi connectivity index (χ0v) is 9.26. The van der Waals surface area contributed by atoms with E-state index in [1.54, 1.807) is 0 Å². The number of hydrogen-bond acceptors (Lipinski definition) is 5. The average molecular weight is 231 g/mol. The van der Waals surface area contributed by atoms with Gasteiger partial charge in [0, 0.05) is 10.6 Å². The summed E-state index contributed by atoms with van der Waals surface area (Å²) in [5, 5.41) is 2.49. The number of thiazole rings is 1. The molecule has 1 rings (SSSR count). The third-order valence-corrected chi connectivity index (χ3v) is 2.79. The molecule has 0 bridgehead atoms. The van der Waals surface area contributed by atoms with E-state index in [4.69, 9.17) is 17.2 Å². The van der Waals surface area contributed by atoms with Crippen molar-refractivity contribution >= 4 is 35.1 Å². The first-order valence-electron chi connectivity index (χ1n) is 4.06. The SMILES string of the molecule is NCCC(S)c1csc(N=C(N)N)n1. The maximum absolute atomic E-state index is 5.41. The molecule has 0 aliphatic rings. The van der Waals surface area contributed by atoms with Crippen molar-refractivity contribution in [1.82, 2.24) is 4.98 Å². The van der Waals surface area contributed by atoms with Crippen molar-refractivity contribution in [2.75, 3.05) is 6.54 Å². The second-order valence-corrected chi connectivity index (χ2v) is 4.14. The highest BCUT2D eigenvalue weighted by atomic mass is 32.1. The molecule has 0 aromatic carbocycles. The van der Waals surface area contributed by atoms with Crippen molar-refractivity contribution < 1.29 is 0 Å². The van der Waals surface area contributed by atoms with E-state index in [0.717, 1.165) is 12.1 Å². The number of aliphatic imine (C=N–C) groups is 1. The predicted octanol–water partition coefficient (Wildman–Crippen LogP) is 0.368. The predicted molar refractivity (Wildman–Crippen MR) is 63.0 cm³/mol. The molecule has 7 heteroatoms. The van der Waals surface area contributed by atoms with Crippen LogP contribution in [0.25, 0.3) is 0 Å². The van der Waals surface area contributed by atoms with Gasteiger partial charge in [-0.05, 0) is 13.0 Å². The van der Waals surface area contributed by atoms with Gasteiger partial charge in [-0.1, -0.05) is 0 Å². The monoisotopic (exact) mass is 231 g/mol. The van der Waals surface area contributed by atoms with Crippen molar-refractivity contribution in [2.24, 2.45) is 22.2 Å². The van der Waals surface area contributed by atoms with Gasteiger partial charge in [0.2, 0.25) is 5.13 Å². The Hall–Kier alpha value is -0.790. The largest absolute Gasteiger partial charge is 0.370 e. The molecule has 1 aromatic rings. The molecule has 5 nitrogen and oxygen atoms in total. The molecule has 14 heavy (non-hydrogen) atoms. The number of nitrogens with two attached hydrogens (primary N) is 3. The first kappa shape index (κ1) is 11.3. The number of rotatable bonds is 4. The Morgan fingerprint density at radius 2 is 2.36 bits per heavy atom. The minimum absolute atomic E-state index is 0.0143. The lowest BCUT2D eigenvalue weighted by Gasteiger charge is -2.03. The number of guanidine groups is 1. The minimum Gasteiger partial charge on any atom is -0.370 e. The van der Waals surface area contributed by atoms with Crippen LogP contribution in [-0.2, 0) is 0 Å². The van der Waals surface area contributed by atoms with Crippen LogP contribution in [0.4, 0.5) is 5.13 Å². The third-order valence-electron chi connectivity index (χ3n) is 1.52. The molecule has 1 heterocycles. The molecule has 1 atom stereocenters. The molecule has 0 aliphatic carbocycles. The van der Waals surface area contributed by atoms with E-state index in [9.17, 15) is 0 Å². The van der Waals surface area contributed by atoms with Gasteiger partial charge < -0.3 is 17.2 Å². The summed E-state index contributed by atoms with van der Waals surface area (Å²) < 4.78 is 0. The highest BCUT2D eigenvalue weighted by molar-refractivity contribution is 7.80. The van der Waals surface area contributed by atoms with E-state index in [-0.39, 0.29) is 11.2 Å². The summed E-state index contributed by atoms with van der Waals surface area (Å²) in [6, 6.07) is 0. The Morgan fingerprint density at radius 1 is 1.64 bits per heavy atom. The second-order valence-electron chi connectivity index (χ2n) is 2.68. The van der Waals surface area contributed by atoms with Crippen molar-refractivity contribution in [3.8, 4) is 0 Å². The molecule has 0 radical (unpaired) electrons. The average Bonchev–Trinajstić information content (AvgIpc) is 2.52. The van der Waals surface area contributed by atoms with Crippen LogP contribution in [0, 0.1) is 0 Å². The second kappa shape index (κ2) is 5.18. The first-order valence-corrected chi connectivity index (χ1v) is 5.46. The minimum atomic E-state index is 0.0143. The molecule has 0 amide bonds. The van der Waals surface area contributed by atoms with Crippen molar-refractivity contribution in [3.63, 3.8) is 0 Å². The fraction of sp³-hybridized carbons (Fsp3) is 0.429. The molecular weight excluding hydrogens is 218 g/mol. The number of nitrogens with zero attached hydrogens (tertiary/aromatic N) is 2. The Kier molecular flexibility index (Phi) is 4.18. The molecule has 6 N–H and O–H groups in total. The van der Waals surface area contributed by atoms with Gasteiger partial charge >= 0.3 is 0 Å². The summed E-state index contributed by atoms with van der Waals surface area (Å²) in [4.78, 5) is 8.05. The fourth-order valence-electron chi connectivity index (χ4n) is 0.897. The van der Waals surface area contributed by atoms with Crippen LogP contribution in [0.15, 0.2) is 10.4 Å². The molecule has 0 aliphatic heterocycles. The van der Waals surface area contributed by atoms with Crippen LogP contribution >= 0.6 is 24.0 Å². The number of aromatic nitrogens is 1. The van der Waals surface area contributed by atoms with E-state index < -0.39 is 0 Å². The molecule has 0 fully saturated rings. The Labute approximate surface area is 91.8 Å². The van der Waals surface area contributed by atoms with E-state index in [1.807, 2.05) is 5.38 Å². The maximum Gasteiger partial charge on any atom is 0.212 e. The lowest BCUT2D eigenvalue weighted by molar-refractivity contribution is 0.802. The quantitative estimate of drug-likeness (QED) is 0.341. The molecule has 0 saturated heterocycles. The Morgan fingerprint density at radius 3 is 2.93 bits per heavy atom. The van der Waals surface area contributed by atoms with Crippen LogP contribution in [0.3, 0.4) is 0 Å². The first-order chi connectivity index (χ1) is 6.63. The summed E-state index contributed by atoms with van der Waals surface area (Å²) in [5.41, 5.74) is 16.7. The van der Waals surface area contributed by atoms with Crippen LogP contribution in [-0.4, -0.2) is 17.5 Å². The van der Waals surface area contributed by atoms with E-state index in [1.165, 1.54) is 11.3 Å². The van der Waals surface area contributed by atoms with Gasteiger partial charge in [-0.15, -0.1) is 11.3 Å². The Bertz CT molecular complexity index is 318. The fourth-order valence-corrected chi connectivity index (χ4v) is 2.04. The van der Waals surface area contributed by atoms with Crippen molar-refractivity contribution in [3.05, 3.63) is 11.1 Å². The summed E-state index contributed by atoms with van der Waals surface area (Å²) >= 11 is 5.74. The summed E-state index contributed by atoms with van der Waals surface area (Å²) in [6.07, 6.45) is 0.786. The van der Waals surface area contributed by atoms with E-state index >= 15 is 0 Å². The third kappa shape index (κ3) is 3.17. The smallest absolute Gasteiger partial charge is 0.212 e. The van der Waals surface area contributed by atoms with Crippen LogP contribution < -0.4 is 17.2 Å². The Balaban J connectivity index is 2.72. The van der Waals surface area contributed by atoms with E-state index in [2.05, 4.69) is 22.6 Å². The highest BCUT2D eigenvalue weighted by Gasteiger charge is 2.09. The molecule has 78 valence electrons. The molecule has 0 saturated carbocycles. The lowest BCUT2D eigenvalue weighted by atomic mass is 10.2. The molecule has 1 aromatic heterocycles. The summed E-state index contributed by atoms with van der Waals surface area (Å²) in [6.45, 7) is 0.587. The summed E-state index contributed by atoms with van der Waals surface area (Å²) in [5.74, 6) is 0.0143. The van der Waals surface area contributed by atoms with Crippen molar-refractivity contribution in [1.29, 1.82) is 0 Å². The topological polar surface area (TPSA) is 103 Å². The zero-order chi connectivity index (χ0) is 10.6. The maximum atomic E-state index is 5.41. The van der Waals surface area contributed by atoms with Gasteiger partial charge in [0.1, 0.15) is 0 Å². The van der Waals surface area contributed by atoms with Gasteiger partial charge in [0.25, 0.3) is 0 Å². The van der Waals surface area contributed by atoms with Gasteiger partial charge in [-0.2, -0.15) is 17.6 Å². The lowest BCUT2D eigenvalue weighted by Crippen LogP contribution is -2.21. The van der Waals surface area contributed by atoms with Gasteiger partial charge in [0.15, 0.2) is 5.96 Å². The molecular formula is C7H13N5S2. The van der Waals surface area contributed by atoms with Gasteiger partial charge in [-0.25, -0.2) is 4.98 Å². The highest BCUT2D eigenvalue weighted by Crippen LogP contribution is 2.27. The summed E-state index contributed by atoms with van der Waals surface area (Å²) in [7, 11) is 0. The van der Waals surface area contributed by atoms with Crippen LogP contribution in [0.5, 0.6) is 0 Å². The zero-order valence-electron chi connectivity index (χ0n) is 7.55. The van der Waals surface area contributed by atoms with E-state index in [0.29, 0.717) is 11.7 Å². The standard InChI is InChI=1S/C7H13N5S2/c8-2-1-5(13)4-3-14-7(11-4)12-6(9)10/h3,5,13H,1-2,8H2,(H4,9,10,11,12).